The van der Waals surface area contributed by atoms with Crippen molar-refractivity contribution in [3.63, 3.8) is 0 Å². The Hall–Kier alpha value is -1.31. The van der Waals surface area contributed by atoms with Gasteiger partial charge in [0, 0.05) is 12.0 Å². The van der Waals surface area contributed by atoms with Crippen LogP contribution in [0.25, 0.3) is 0 Å². The van der Waals surface area contributed by atoms with E-state index in [0.717, 1.165) is 17.7 Å². The van der Waals surface area contributed by atoms with Crippen LogP contribution >= 0.6 is 0 Å². The maximum absolute atomic E-state index is 12.8. The van der Waals surface area contributed by atoms with Crippen LogP contribution in [0.1, 0.15) is 74.9 Å². The topological polar surface area (TPSA) is 26.3 Å². The molecule has 120 valence electrons. The van der Waals surface area contributed by atoms with Gasteiger partial charge in [-0.3, -0.25) is 4.79 Å². The second-order valence-corrected chi connectivity index (χ2v) is 8.00. The molecule has 2 atom stereocenters. The molecule has 0 aromatic heterocycles. The summed E-state index contributed by atoms with van der Waals surface area (Å²) in [4.78, 5) is 12.8. The zero-order valence-electron chi connectivity index (χ0n) is 14.6. The molecular formula is C20H28O2. The van der Waals surface area contributed by atoms with Crippen LogP contribution < -0.4 is 4.74 Å². The smallest absolute Gasteiger partial charge is 0.163 e. The van der Waals surface area contributed by atoms with Crippen molar-refractivity contribution in [2.45, 2.75) is 65.2 Å². The van der Waals surface area contributed by atoms with Crippen molar-refractivity contribution in [2.24, 2.45) is 11.3 Å². The number of methoxy groups -OCH3 is 1. The van der Waals surface area contributed by atoms with Crippen LogP contribution in [0.15, 0.2) is 12.1 Å². The average Bonchev–Trinajstić information content (AvgIpc) is 2.48. The van der Waals surface area contributed by atoms with Crippen LogP contribution in [0.2, 0.25) is 0 Å². The first kappa shape index (κ1) is 15.6. The molecule has 0 saturated heterocycles. The molecule has 0 unspecified atom stereocenters. The lowest BCUT2D eigenvalue weighted by molar-refractivity contribution is 0.0368. The Morgan fingerprint density at radius 3 is 2.59 bits per heavy atom. The molecule has 0 amide bonds. The molecule has 1 fully saturated rings. The van der Waals surface area contributed by atoms with E-state index >= 15 is 0 Å². The van der Waals surface area contributed by atoms with Crippen LogP contribution in [0.5, 0.6) is 5.75 Å². The van der Waals surface area contributed by atoms with Gasteiger partial charge in [0.2, 0.25) is 0 Å². The molecule has 1 aromatic rings. The molecule has 2 heteroatoms. The molecule has 0 N–H and O–H groups in total. The van der Waals surface area contributed by atoms with Crippen LogP contribution in [0.4, 0.5) is 0 Å². The van der Waals surface area contributed by atoms with Crippen molar-refractivity contribution in [3.05, 3.63) is 28.8 Å². The van der Waals surface area contributed by atoms with Gasteiger partial charge in [-0.05, 0) is 53.2 Å². The Labute approximate surface area is 134 Å². The van der Waals surface area contributed by atoms with Crippen LogP contribution in [-0.4, -0.2) is 12.9 Å². The summed E-state index contributed by atoms with van der Waals surface area (Å²) in [5.41, 5.74) is 3.78. The Morgan fingerprint density at radius 2 is 1.95 bits per heavy atom. The lowest BCUT2D eigenvalue weighted by atomic mass is 9.50. The van der Waals surface area contributed by atoms with Crippen molar-refractivity contribution < 1.29 is 9.53 Å². The predicted molar refractivity (Wildman–Crippen MR) is 89.8 cm³/mol. The highest BCUT2D eigenvalue weighted by Crippen LogP contribution is 2.57. The normalized spacial score (nSPS) is 29.7. The number of ether oxygens (including phenoxy) is 1. The molecule has 0 aliphatic heterocycles. The Kier molecular flexibility index (Phi) is 3.62. The fraction of sp³-hybridized carbons (Fsp3) is 0.650. The fourth-order valence-electron chi connectivity index (χ4n) is 5.04. The molecule has 0 radical (unpaired) electrons. The van der Waals surface area contributed by atoms with E-state index in [-0.39, 0.29) is 10.8 Å². The van der Waals surface area contributed by atoms with Crippen LogP contribution in [0.3, 0.4) is 0 Å². The molecule has 2 aliphatic rings. The minimum absolute atomic E-state index is 0.126. The van der Waals surface area contributed by atoms with Crippen LogP contribution in [0, 0.1) is 11.3 Å². The Balaban J connectivity index is 2.21. The highest BCUT2D eigenvalue weighted by atomic mass is 16.5. The van der Waals surface area contributed by atoms with Gasteiger partial charge in [-0.25, -0.2) is 0 Å². The number of hydrogen-bond donors (Lipinski definition) is 0. The molecule has 2 nitrogen and oxygen atoms in total. The van der Waals surface area contributed by atoms with E-state index in [9.17, 15) is 4.79 Å². The van der Waals surface area contributed by atoms with Crippen molar-refractivity contribution >= 4 is 5.78 Å². The number of hydrogen-bond acceptors (Lipinski definition) is 2. The average molecular weight is 300 g/mol. The largest absolute Gasteiger partial charge is 0.496 e. The zero-order chi connectivity index (χ0) is 16.1. The van der Waals surface area contributed by atoms with E-state index < -0.39 is 0 Å². The fourth-order valence-corrected chi connectivity index (χ4v) is 5.04. The number of fused-ring (bicyclic) bond motifs is 3. The molecule has 0 bridgehead atoms. The standard InChI is InChI=1S/C20H28O2/c1-6-13-10-15-14(11-17(13)22-5)16(21)12-18-19(2,3)8-7-9-20(15,18)4/h10-11,18H,6-9,12H2,1-5H3/t18-,20+/m1/s1. The van der Waals surface area contributed by atoms with Crippen molar-refractivity contribution in [1.82, 2.24) is 0 Å². The quantitative estimate of drug-likeness (QED) is 0.774. The lowest BCUT2D eigenvalue weighted by Crippen LogP contribution is -2.49. The highest BCUT2D eigenvalue weighted by molar-refractivity contribution is 6.00. The van der Waals surface area contributed by atoms with Crippen LogP contribution in [-0.2, 0) is 11.8 Å². The Bertz CT molecular complexity index is 614. The SMILES string of the molecule is CCc1cc2c(cc1OC)C(=O)C[C@@H]1C(C)(C)CCC[C@@]21C. The minimum Gasteiger partial charge on any atom is -0.496 e. The summed E-state index contributed by atoms with van der Waals surface area (Å²) in [5.74, 6) is 1.62. The molecule has 1 aromatic carbocycles. The number of benzene rings is 1. The zero-order valence-corrected chi connectivity index (χ0v) is 14.6. The molecule has 2 aliphatic carbocycles. The summed E-state index contributed by atoms with van der Waals surface area (Å²) >= 11 is 0. The number of carbonyl (C=O) groups excluding carboxylic acids is 1. The first-order chi connectivity index (χ1) is 10.3. The maximum atomic E-state index is 12.8. The van der Waals surface area contributed by atoms with Gasteiger partial charge in [-0.15, -0.1) is 0 Å². The van der Waals surface area contributed by atoms with Crippen molar-refractivity contribution in [2.75, 3.05) is 7.11 Å². The monoisotopic (exact) mass is 300 g/mol. The van der Waals surface area contributed by atoms with Gasteiger partial charge < -0.3 is 4.74 Å². The van der Waals surface area contributed by atoms with E-state index in [1.54, 1.807) is 7.11 Å². The first-order valence-electron chi connectivity index (χ1n) is 8.58. The van der Waals surface area contributed by atoms with E-state index in [2.05, 4.69) is 33.8 Å². The molecule has 22 heavy (non-hydrogen) atoms. The third-order valence-electron chi connectivity index (χ3n) is 6.34. The van der Waals surface area contributed by atoms with E-state index in [1.807, 2.05) is 6.07 Å². The van der Waals surface area contributed by atoms with E-state index in [0.29, 0.717) is 18.1 Å². The number of aryl methyl sites for hydroxylation is 1. The summed E-state index contributed by atoms with van der Waals surface area (Å²) in [6, 6.07) is 4.26. The predicted octanol–water partition coefficient (Wildman–Crippen LogP) is 4.93. The molecule has 1 saturated carbocycles. The second-order valence-electron chi connectivity index (χ2n) is 8.00. The van der Waals surface area contributed by atoms with E-state index in [4.69, 9.17) is 4.74 Å². The van der Waals surface area contributed by atoms with Gasteiger partial charge in [-0.2, -0.15) is 0 Å². The van der Waals surface area contributed by atoms with Gasteiger partial charge in [0.25, 0.3) is 0 Å². The summed E-state index contributed by atoms with van der Waals surface area (Å²) in [6.45, 7) is 9.23. The summed E-state index contributed by atoms with van der Waals surface area (Å²) in [7, 11) is 1.70. The molecule has 0 heterocycles. The summed E-state index contributed by atoms with van der Waals surface area (Å²) in [5, 5.41) is 0. The maximum Gasteiger partial charge on any atom is 0.163 e. The number of rotatable bonds is 2. The first-order valence-corrected chi connectivity index (χ1v) is 8.58. The third-order valence-corrected chi connectivity index (χ3v) is 6.34. The van der Waals surface area contributed by atoms with Gasteiger partial charge >= 0.3 is 0 Å². The second kappa shape index (κ2) is 5.11. The number of carbonyl (C=O) groups is 1. The molecular weight excluding hydrogens is 272 g/mol. The lowest BCUT2D eigenvalue weighted by Gasteiger charge is -2.54. The molecule has 3 rings (SSSR count). The Morgan fingerprint density at radius 1 is 1.23 bits per heavy atom. The minimum atomic E-state index is 0.126. The highest BCUT2D eigenvalue weighted by Gasteiger charge is 2.51. The van der Waals surface area contributed by atoms with Crippen molar-refractivity contribution in [3.8, 4) is 5.75 Å². The number of ketones is 1. The third kappa shape index (κ3) is 2.11. The summed E-state index contributed by atoms with van der Waals surface area (Å²) < 4.78 is 5.51. The summed E-state index contributed by atoms with van der Waals surface area (Å²) in [6.07, 6.45) is 5.30. The van der Waals surface area contributed by atoms with Crippen molar-refractivity contribution in [1.29, 1.82) is 0 Å². The van der Waals surface area contributed by atoms with Gasteiger partial charge in [-0.1, -0.05) is 40.2 Å². The molecule has 0 spiro atoms. The van der Waals surface area contributed by atoms with Gasteiger partial charge in [0.1, 0.15) is 5.75 Å². The van der Waals surface area contributed by atoms with E-state index in [1.165, 1.54) is 30.4 Å². The van der Waals surface area contributed by atoms with Gasteiger partial charge in [0.05, 0.1) is 7.11 Å². The van der Waals surface area contributed by atoms with Gasteiger partial charge in [0.15, 0.2) is 5.78 Å². The number of Topliss-reactive ketones (excluding diaryl/α,β-unsaturated/α-hetero) is 1.